The fourth-order valence-corrected chi connectivity index (χ4v) is 2.21. The van der Waals surface area contributed by atoms with Crippen LogP contribution in [0.2, 0.25) is 0 Å². The lowest BCUT2D eigenvalue weighted by molar-refractivity contribution is -0.131. The molecule has 22 heavy (non-hydrogen) atoms. The smallest absolute Gasteiger partial charge is 0.350 e. The van der Waals surface area contributed by atoms with Gasteiger partial charge in [0.25, 0.3) is 0 Å². The second-order valence-corrected chi connectivity index (χ2v) is 5.13. The molecule has 7 heteroatoms. The van der Waals surface area contributed by atoms with E-state index in [4.69, 9.17) is 4.42 Å². The molecule has 0 saturated heterocycles. The number of hydrogen-bond acceptors (Lipinski definition) is 4. The molecule has 3 rings (SSSR count). The molecule has 0 spiro atoms. The van der Waals surface area contributed by atoms with Gasteiger partial charge in [-0.2, -0.15) is 0 Å². The molecular weight excluding hydrogens is 284 g/mol. The summed E-state index contributed by atoms with van der Waals surface area (Å²) in [6, 6.07) is 8.93. The van der Waals surface area contributed by atoms with E-state index in [0.717, 1.165) is 5.76 Å². The predicted octanol–water partition coefficient (Wildman–Crippen LogP) is 1.06. The summed E-state index contributed by atoms with van der Waals surface area (Å²) in [5.41, 5.74) is 0.191. The van der Waals surface area contributed by atoms with E-state index in [1.54, 1.807) is 31.4 Å². The number of aromatic nitrogens is 3. The second-order valence-electron chi connectivity index (χ2n) is 5.13. The van der Waals surface area contributed by atoms with Gasteiger partial charge in [0.2, 0.25) is 5.91 Å². The van der Waals surface area contributed by atoms with Crippen molar-refractivity contribution in [2.24, 2.45) is 0 Å². The topological polar surface area (TPSA) is 72.8 Å². The predicted molar refractivity (Wildman–Crippen MR) is 79.4 cm³/mol. The molecule has 0 atom stereocenters. The normalized spacial score (nSPS) is 11.0. The lowest BCUT2D eigenvalue weighted by Crippen LogP contribution is -2.33. The summed E-state index contributed by atoms with van der Waals surface area (Å²) in [6.45, 7) is 2.10. The Kier molecular flexibility index (Phi) is 3.54. The van der Waals surface area contributed by atoms with Crippen LogP contribution >= 0.6 is 0 Å². The molecule has 0 saturated carbocycles. The Morgan fingerprint density at radius 3 is 2.82 bits per heavy atom. The molecule has 0 aliphatic carbocycles. The van der Waals surface area contributed by atoms with E-state index in [1.807, 2.05) is 19.1 Å². The van der Waals surface area contributed by atoms with Gasteiger partial charge in [-0.1, -0.05) is 6.07 Å². The first-order valence-electron chi connectivity index (χ1n) is 6.88. The van der Waals surface area contributed by atoms with Gasteiger partial charge < -0.3 is 9.32 Å². The van der Waals surface area contributed by atoms with Crippen LogP contribution in [0.1, 0.15) is 11.5 Å². The van der Waals surface area contributed by atoms with E-state index in [1.165, 1.54) is 14.0 Å². The summed E-state index contributed by atoms with van der Waals surface area (Å²) < 4.78 is 8.02. The Morgan fingerprint density at radius 1 is 1.32 bits per heavy atom. The van der Waals surface area contributed by atoms with Crippen molar-refractivity contribution in [3.05, 3.63) is 58.5 Å². The van der Waals surface area contributed by atoms with Gasteiger partial charge in [0.1, 0.15) is 18.1 Å². The third-order valence-corrected chi connectivity index (χ3v) is 3.39. The number of carbonyl (C=O) groups is 1. The first-order chi connectivity index (χ1) is 10.5. The van der Waals surface area contributed by atoms with Gasteiger partial charge in [-0.15, -0.1) is 5.10 Å². The molecule has 0 bridgehead atoms. The molecule has 0 fully saturated rings. The molecule has 0 aliphatic rings. The Morgan fingerprint density at radius 2 is 2.14 bits per heavy atom. The van der Waals surface area contributed by atoms with Crippen molar-refractivity contribution in [3.63, 3.8) is 0 Å². The Balaban J connectivity index is 1.75. The maximum Gasteiger partial charge on any atom is 0.350 e. The number of fused-ring (bicyclic) bond motifs is 1. The molecule has 7 nitrogen and oxygen atoms in total. The van der Waals surface area contributed by atoms with Crippen molar-refractivity contribution < 1.29 is 9.21 Å². The van der Waals surface area contributed by atoms with Crippen molar-refractivity contribution in [3.8, 4) is 0 Å². The number of pyridine rings is 1. The van der Waals surface area contributed by atoms with E-state index in [0.29, 0.717) is 18.0 Å². The maximum atomic E-state index is 12.2. The molecular formula is C15H16N4O3. The molecule has 0 aliphatic heterocycles. The minimum absolute atomic E-state index is 0.100. The van der Waals surface area contributed by atoms with Gasteiger partial charge in [-0.25, -0.2) is 9.48 Å². The lowest BCUT2D eigenvalue weighted by atomic mass is 10.4. The van der Waals surface area contributed by atoms with E-state index in [2.05, 4.69) is 5.10 Å². The van der Waals surface area contributed by atoms with Crippen LogP contribution in [0.3, 0.4) is 0 Å². The highest BCUT2D eigenvalue weighted by Gasteiger charge is 2.15. The van der Waals surface area contributed by atoms with Crippen LogP contribution in [-0.2, 0) is 17.9 Å². The maximum absolute atomic E-state index is 12.2. The van der Waals surface area contributed by atoms with Crippen LogP contribution < -0.4 is 5.69 Å². The van der Waals surface area contributed by atoms with Gasteiger partial charge in [0, 0.05) is 13.2 Å². The number of carbonyl (C=O) groups excluding carboxylic acids is 1. The largest absolute Gasteiger partial charge is 0.464 e. The molecule has 0 unspecified atom stereocenters. The number of nitrogens with zero attached hydrogens (tertiary/aromatic N) is 4. The third-order valence-electron chi connectivity index (χ3n) is 3.39. The first kappa shape index (κ1) is 14.1. The van der Waals surface area contributed by atoms with Crippen LogP contribution in [0, 0.1) is 6.92 Å². The number of hydrogen-bond donors (Lipinski definition) is 0. The molecule has 0 N–H and O–H groups in total. The average Bonchev–Trinajstić information content (AvgIpc) is 3.04. The zero-order valence-electron chi connectivity index (χ0n) is 12.4. The Labute approximate surface area is 126 Å². The second kappa shape index (κ2) is 5.51. The highest BCUT2D eigenvalue weighted by atomic mass is 16.3. The number of amides is 1. The standard InChI is InChI=1S/C15H16N4O3/c1-11-6-7-12(22-11)9-17(2)14(20)10-19-15(21)18-8-4-3-5-13(18)16-19/h3-8H,9-10H2,1-2H3. The minimum Gasteiger partial charge on any atom is -0.464 e. The van der Waals surface area contributed by atoms with Crippen LogP contribution in [0.25, 0.3) is 5.65 Å². The summed E-state index contributed by atoms with van der Waals surface area (Å²) in [4.78, 5) is 25.9. The van der Waals surface area contributed by atoms with Crippen LogP contribution in [-0.4, -0.2) is 32.0 Å². The Hall–Kier alpha value is -2.83. The van der Waals surface area contributed by atoms with Crippen molar-refractivity contribution in [2.75, 3.05) is 7.05 Å². The van der Waals surface area contributed by atoms with E-state index in [-0.39, 0.29) is 18.1 Å². The molecule has 3 heterocycles. The number of rotatable bonds is 4. The first-order valence-corrected chi connectivity index (χ1v) is 6.88. The fraction of sp³-hybridized carbons (Fsp3) is 0.267. The number of furan rings is 1. The summed E-state index contributed by atoms with van der Waals surface area (Å²) in [7, 11) is 1.67. The average molecular weight is 300 g/mol. The van der Waals surface area contributed by atoms with Crippen molar-refractivity contribution >= 4 is 11.6 Å². The third kappa shape index (κ3) is 2.65. The van der Waals surface area contributed by atoms with Crippen LogP contribution in [0.15, 0.2) is 45.7 Å². The van der Waals surface area contributed by atoms with Crippen LogP contribution in [0.4, 0.5) is 0 Å². The molecule has 1 amide bonds. The number of aryl methyl sites for hydroxylation is 1. The molecule has 0 aromatic carbocycles. The summed E-state index contributed by atoms with van der Waals surface area (Å²) in [5.74, 6) is 1.29. The van der Waals surface area contributed by atoms with Crippen molar-refractivity contribution in [1.82, 2.24) is 19.1 Å². The van der Waals surface area contributed by atoms with Gasteiger partial charge in [0.15, 0.2) is 5.65 Å². The monoisotopic (exact) mass is 300 g/mol. The Bertz CT molecular complexity index is 874. The quantitative estimate of drug-likeness (QED) is 0.722. The van der Waals surface area contributed by atoms with Gasteiger partial charge in [0.05, 0.1) is 6.54 Å². The van der Waals surface area contributed by atoms with E-state index < -0.39 is 0 Å². The molecule has 0 radical (unpaired) electrons. The SMILES string of the molecule is Cc1ccc(CN(C)C(=O)Cn2nc3ccccn3c2=O)o1. The van der Waals surface area contributed by atoms with Gasteiger partial charge in [-0.3, -0.25) is 9.20 Å². The van der Waals surface area contributed by atoms with E-state index in [9.17, 15) is 9.59 Å². The fourth-order valence-electron chi connectivity index (χ4n) is 2.21. The summed E-state index contributed by atoms with van der Waals surface area (Å²) in [6.07, 6.45) is 1.63. The molecule has 3 aromatic heterocycles. The highest BCUT2D eigenvalue weighted by molar-refractivity contribution is 5.75. The summed E-state index contributed by atoms with van der Waals surface area (Å²) in [5, 5.41) is 4.14. The van der Waals surface area contributed by atoms with Crippen molar-refractivity contribution in [2.45, 2.75) is 20.0 Å². The lowest BCUT2D eigenvalue weighted by Gasteiger charge is -2.15. The zero-order valence-corrected chi connectivity index (χ0v) is 12.4. The summed E-state index contributed by atoms with van der Waals surface area (Å²) >= 11 is 0. The van der Waals surface area contributed by atoms with E-state index >= 15 is 0 Å². The van der Waals surface area contributed by atoms with Crippen molar-refractivity contribution in [1.29, 1.82) is 0 Å². The highest BCUT2D eigenvalue weighted by Crippen LogP contribution is 2.08. The van der Waals surface area contributed by atoms with Gasteiger partial charge >= 0.3 is 5.69 Å². The van der Waals surface area contributed by atoms with Crippen LogP contribution in [0.5, 0.6) is 0 Å². The zero-order chi connectivity index (χ0) is 15.7. The van der Waals surface area contributed by atoms with Gasteiger partial charge in [-0.05, 0) is 31.2 Å². The molecule has 3 aromatic rings. The number of likely N-dealkylation sites (N-methyl/N-ethyl adjacent to an activating group) is 1. The molecule has 114 valence electrons. The minimum atomic E-state index is -0.328.